The molecule has 2 unspecified atom stereocenters. The van der Waals surface area contributed by atoms with E-state index in [0.29, 0.717) is 18.0 Å². The van der Waals surface area contributed by atoms with Gasteiger partial charge >= 0.3 is 0 Å². The Balaban J connectivity index is 2.16. The molecule has 0 saturated carbocycles. The van der Waals surface area contributed by atoms with E-state index < -0.39 is 0 Å². The summed E-state index contributed by atoms with van der Waals surface area (Å²) in [7, 11) is 0. The molecule has 0 aliphatic carbocycles. The van der Waals surface area contributed by atoms with E-state index in [9.17, 15) is 0 Å². The maximum Gasteiger partial charge on any atom is 0.0905 e. The van der Waals surface area contributed by atoms with E-state index in [-0.39, 0.29) is 0 Å². The van der Waals surface area contributed by atoms with Crippen molar-refractivity contribution < 1.29 is 4.74 Å². The van der Waals surface area contributed by atoms with E-state index in [1.54, 1.807) is 0 Å². The molecule has 0 aromatic heterocycles. The van der Waals surface area contributed by atoms with E-state index in [0.717, 1.165) is 39.0 Å². The molecule has 2 atom stereocenters. The Morgan fingerprint density at radius 1 is 1.47 bits per heavy atom. The summed E-state index contributed by atoms with van der Waals surface area (Å²) >= 11 is 0. The van der Waals surface area contributed by atoms with Crippen LogP contribution in [0.1, 0.15) is 33.1 Å². The van der Waals surface area contributed by atoms with Crippen molar-refractivity contribution in [3.8, 4) is 0 Å². The lowest BCUT2D eigenvalue weighted by Crippen LogP contribution is -2.47. The summed E-state index contributed by atoms with van der Waals surface area (Å²) in [5, 5.41) is 7.13. The second-order valence-corrected chi connectivity index (χ2v) is 4.47. The normalized spacial score (nSPS) is 27.9. The number of nitrogens with two attached hydrogens (primary N) is 1. The molecule has 15 heavy (non-hydrogen) atoms. The Kier molecular flexibility index (Phi) is 5.05. The standard InChI is InChI=1S/C11H23N3O/c1-9-8-15-10(2)7-14(9)6-4-3-5-11(12)13/h9-10H,3-8H2,1-2H3,(H3,12,13). The Morgan fingerprint density at radius 2 is 2.20 bits per heavy atom. The Morgan fingerprint density at radius 3 is 2.87 bits per heavy atom. The van der Waals surface area contributed by atoms with E-state index in [2.05, 4.69) is 18.7 Å². The molecule has 1 rings (SSSR count). The molecule has 88 valence electrons. The number of nitrogens with zero attached hydrogens (tertiary/aromatic N) is 1. The third-order valence-electron chi connectivity index (χ3n) is 2.88. The molecular weight excluding hydrogens is 190 g/mol. The third kappa shape index (κ3) is 4.62. The third-order valence-corrected chi connectivity index (χ3v) is 2.88. The molecular formula is C11H23N3O. The van der Waals surface area contributed by atoms with Gasteiger partial charge in [-0.2, -0.15) is 0 Å². The lowest BCUT2D eigenvalue weighted by atomic mass is 10.1. The van der Waals surface area contributed by atoms with Crippen LogP contribution in [0.2, 0.25) is 0 Å². The molecule has 4 heteroatoms. The molecule has 4 nitrogen and oxygen atoms in total. The van der Waals surface area contributed by atoms with Crippen molar-refractivity contribution in [1.82, 2.24) is 4.90 Å². The highest BCUT2D eigenvalue weighted by Gasteiger charge is 2.22. The van der Waals surface area contributed by atoms with Crippen molar-refractivity contribution in [3.05, 3.63) is 0 Å². The first kappa shape index (κ1) is 12.5. The van der Waals surface area contributed by atoms with Crippen LogP contribution in [0, 0.1) is 5.41 Å². The minimum atomic E-state index is 0.304. The summed E-state index contributed by atoms with van der Waals surface area (Å²) < 4.78 is 5.57. The SMILES string of the molecule is CC1CN(CCCCC(=N)N)C(C)CO1. The largest absolute Gasteiger partial charge is 0.388 e. The second-order valence-electron chi connectivity index (χ2n) is 4.47. The van der Waals surface area contributed by atoms with Gasteiger partial charge in [-0.3, -0.25) is 10.3 Å². The lowest BCUT2D eigenvalue weighted by Gasteiger charge is -2.36. The van der Waals surface area contributed by atoms with Gasteiger partial charge in [0.25, 0.3) is 0 Å². The summed E-state index contributed by atoms with van der Waals surface area (Å²) in [6.45, 7) is 7.29. The number of unbranched alkanes of at least 4 members (excludes halogenated alkanes) is 1. The summed E-state index contributed by atoms with van der Waals surface area (Å²) in [6.07, 6.45) is 3.23. The molecule has 0 aromatic rings. The fourth-order valence-corrected chi connectivity index (χ4v) is 1.91. The van der Waals surface area contributed by atoms with Crippen LogP contribution in [0.4, 0.5) is 0 Å². The maximum absolute atomic E-state index is 7.13. The van der Waals surface area contributed by atoms with Gasteiger partial charge in [0, 0.05) is 19.0 Å². The smallest absolute Gasteiger partial charge is 0.0905 e. The Labute approximate surface area is 92.3 Å². The zero-order valence-electron chi connectivity index (χ0n) is 9.83. The maximum atomic E-state index is 7.13. The number of rotatable bonds is 5. The quantitative estimate of drug-likeness (QED) is 0.410. The predicted octanol–water partition coefficient (Wildman–Crippen LogP) is 1.20. The molecule has 0 bridgehead atoms. The zero-order valence-corrected chi connectivity index (χ0v) is 9.83. The summed E-state index contributed by atoms with van der Waals surface area (Å²) in [6, 6.07) is 0.526. The molecule has 1 heterocycles. The highest BCUT2D eigenvalue weighted by molar-refractivity contribution is 5.76. The van der Waals surface area contributed by atoms with Gasteiger partial charge in [-0.25, -0.2) is 0 Å². The fourth-order valence-electron chi connectivity index (χ4n) is 1.91. The minimum Gasteiger partial charge on any atom is -0.388 e. The number of ether oxygens (including phenoxy) is 1. The van der Waals surface area contributed by atoms with E-state index >= 15 is 0 Å². The van der Waals surface area contributed by atoms with Gasteiger partial charge in [-0.1, -0.05) is 0 Å². The van der Waals surface area contributed by atoms with Gasteiger partial charge in [0.1, 0.15) is 0 Å². The molecule has 1 aliphatic rings. The van der Waals surface area contributed by atoms with Gasteiger partial charge in [0.2, 0.25) is 0 Å². The molecule has 3 N–H and O–H groups in total. The number of hydrogen-bond acceptors (Lipinski definition) is 3. The van der Waals surface area contributed by atoms with Crippen LogP contribution in [-0.2, 0) is 4.74 Å². The minimum absolute atomic E-state index is 0.304. The van der Waals surface area contributed by atoms with Crippen LogP contribution in [0.5, 0.6) is 0 Å². The van der Waals surface area contributed by atoms with Crippen LogP contribution in [0.15, 0.2) is 0 Å². The first-order chi connectivity index (χ1) is 7.09. The number of nitrogens with one attached hydrogen (secondary N) is 1. The summed E-state index contributed by atoms with van der Waals surface area (Å²) in [4.78, 5) is 2.47. The van der Waals surface area contributed by atoms with Gasteiger partial charge in [0.05, 0.1) is 18.5 Å². The molecule has 1 aliphatic heterocycles. The van der Waals surface area contributed by atoms with Crippen LogP contribution < -0.4 is 5.73 Å². The van der Waals surface area contributed by atoms with Gasteiger partial charge in [-0.15, -0.1) is 0 Å². The first-order valence-corrected chi connectivity index (χ1v) is 5.78. The molecule has 1 fully saturated rings. The van der Waals surface area contributed by atoms with Crippen LogP contribution in [-0.4, -0.2) is 42.6 Å². The fraction of sp³-hybridized carbons (Fsp3) is 0.909. The molecule has 0 spiro atoms. The van der Waals surface area contributed by atoms with Gasteiger partial charge in [0.15, 0.2) is 0 Å². The molecule has 0 radical (unpaired) electrons. The second kappa shape index (κ2) is 6.08. The topological polar surface area (TPSA) is 62.3 Å². The summed E-state index contributed by atoms with van der Waals surface area (Å²) in [5.41, 5.74) is 5.31. The number of morpholine rings is 1. The predicted molar refractivity (Wildman–Crippen MR) is 62.2 cm³/mol. The van der Waals surface area contributed by atoms with Crippen molar-refractivity contribution in [2.45, 2.75) is 45.3 Å². The average Bonchev–Trinajstić information content (AvgIpc) is 2.17. The van der Waals surface area contributed by atoms with E-state index in [1.165, 1.54) is 0 Å². The van der Waals surface area contributed by atoms with E-state index in [1.807, 2.05) is 0 Å². The van der Waals surface area contributed by atoms with Gasteiger partial charge < -0.3 is 10.5 Å². The van der Waals surface area contributed by atoms with Crippen molar-refractivity contribution in [2.75, 3.05) is 19.7 Å². The first-order valence-electron chi connectivity index (χ1n) is 5.78. The zero-order chi connectivity index (χ0) is 11.3. The summed E-state index contributed by atoms with van der Waals surface area (Å²) in [5.74, 6) is 0.304. The van der Waals surface area contributed by atoms with Crippen molar-refractivity contribution in [1.29, 1.82) is 5.41 Å². The Hall–Kier alpha value is -0.610. The van der Waals surface area contributed by atoms with Crippen molar-refractivity contribution in [2.24, 2.45) is 5.73 Å². The highest BCUT2D eigenvalue weighted by atomic mass is 16.5. The van der Waals surface area contributed by atoms with Crippen LogP contribution in [0.25, 0.3) is 0 Å². The van der Waals surface area contributed by atoms with Gasteiger partial charge in [-0.05, 0) is 33.2 Å². The van der Waals surface area contributed by atoms with Crippen LogP contribution in [0.3, 0.4) is 0 Å². The lowest BCUT2D eigenvalue weighted by molar-refractivity contribution is -0.0495. The Bertz CT molecular complexity index is 208. The molecule has 1 saturated heterocycles. The van der Waals surface area contributed by atoms with Crippen molar-refractivity contribution in [3.63, 3.8) is 0 Å². The molecule has 0 aromatic carbocycles. The van der Waals surface area contributed by atoms with Crippen LogP contribution >= 0.6 is 0 Å². The number of amidine groups is 1. The van der Waals surface area contributed by atoms with Crippen molar-refractivity contribution >= 4 is 5.84 Å². The monoisotopic (exact) mass is 213 g/mol. The highest BCUT2D eigenvalue weighted by Crippen LogP contribution is 2.12. The average molecular weight is 213 g/mol. The number of hydrogen-bond donors (Lipinski definition) is 2. The van der Waals surface area contributed by atoms with E-state index in [4.69, 9.17) is 15.9 Å². The molecule has 0 amide bonds.